The summed E-state index contributed by atoms with van der Waals surface area (Å²) in [6.07, 6.45) is 0.879. The Kier molecular flexibility index (Phi) is 4.34. The third-order valence-electron chi connectivity index (χ3n) is 4.19. The van der Waals surface area contributed by atoms with E-state index in [1.807, 2.05) is 19.1 Å². The van der Waals surface area contributed by atoms with Crippen LogP contribution in [0.25, 0.3) is 15.9 Å². The Morgan fingerprint density at radius 2 is 1.84 bits per heavy atom. The number of nitrogens with one attached hydrogen (secondary N) is 1. The number of nitrogens with zero attached hydrogens (tertiary/aromatic N) is 2. The van der Waals surface area contributed by atoms with Crippen LogP contribution in [0.3, 0.4) is 0 Å². The van der Waals surface area contributed by atoms with Crippen LogP contribution in [0.2, 0.25) is 0 Å². The molecule has 1 aromatic carbocycles. The van der Waals surface area contributed by atoms with Crippen molar-refractivity contribution in [2.45, 2.75) is 20.3 Å². The molecule has 2 aromatic heterocycles. The Labute approximate surface area is 148 Å². The van der Waals surface area contributed by atoms with Crippen molar-refractivity contribution in [1.82, 2.24) is 14.5 Å². The number of thiophene rings is 1. The summed E-state index contributed by atoms with van der Waals surface area (Å²) in [6.45, 7) is 3.78. The van der Waals surface area contributed by atoms with E-state index in [1.165, 1.54) is 4.90 Å². The van der Waals surface area contributed by atoms with Crippen LogP contribution in [0, 0.1) is 6.92 Å². The normalized spacial score (nSPS) is 11.0. The highest BCUT2D eigenvalue weighted by Crippen LogP contribution is 2.27. The summed E-state index contributed by atoms with van der Waals surface area (Å²) in [6, 6.07) is 7.31. The number of rotatable bonds is 3. The molecule has 0 aliphatic carbocycles. The van der Waals surface area contributed by atoms with Crippen LogP contribution in [0.1, 0.15) is 27.7 Å². The zero-order chi connectivity index (χ0) is 18.3. The second-order valence-corrected chi connectivity index (χ2v) is 7.07. The zero-order valence-electron chi connectivity index (χ0n) is 14.5. The molecule has 25 heavy (non-hydrogen) atoms. The van der Waals surface area contributed by atoms with E-state index in [0.717, 1.165) is 27.9 Å². The first-order valence-corrected chi connectivity index (χ1v) is 8.76. The molecule has 1 N–H and O–H groups in total. The highest BCUT2D eigenvalue weighted by molar-refractivity contribution is 7.20. The average Bonchev–Trinajstić information content (AvgIpc) is 2.91. The van der Waals surface area contributed by atoms with Crippen molar-refractivity contribution in [3.63, 3.8) is 0 Å². The SMILES string of the molecule is CCc1ccc(-n2c(=O)[nH]c3sc(C(=O)N(C)C)c(C)c3c2=O)cc1. The van der Waals surface area contributed by atoms with Crippen molar-refractivity contribution in [3.8, 4) is 5.69 Å². The van der Waals surface area contributed by atoms with Gasteiger partial charge in [0.15, 0.2) is 0 Å². The molecule has 0 bridgehead atoms. The number of carbonyl (C=O) groups is 1. The number of aryl methyl sites for hydroxylation is 2. The van der Waals surface area contributed by atoms with Gasteiger partial charge in [-0.15, -0.1) is 11.3 Å². The Balaban J connectivity index is 2.28. The smallest absolute Gasteiger partial charge is 0.334 e. The lowest BCUT2D eigenvalue weighted by atomic mass is 10.1. The minimum absolute atomic E-state index is 0.183. The molecule has 0 atom stereocenters. The molecule has 0 aliphatic rings. The van der Waals surface area contributed by atoms with Gasteiger partial charge in [0.05, 0.1) is 16.0 Å². The fourth-order valence-electron chi connectivity index (χ4n) is 2.74. The number of benzene rings is 1. The van der Waals surface area contributed by atoms with Crippen LogP contribution in [0.4, 0.5) is 0 Å². The number of aromatic amines is 1. The van der Waals surface area contributed by atoms with Crippen LogP contribution in [-0.4, -0.2) is 34.5 Å². The second kappa shape index (κ2) is 6.33. The summed E-state index contributed by atoms with van der Waals surface area (Å²) < 4.78 is 1.12. The predicted molar refractivity (Wildman–Crippen MR) is 100 cm³/mol. The van der Waals surface area contributed by atoms with Gasteiger partial charge in [0.25, 0.3) is 11.5 Å². The minimum atomic E-state index is -0.508. The molecule has 130 valence electrons. The molecule has 1 amide bonds. The summed E-state index contributed by atoms with van der Waals surface area (Å²) in [4.78, 5) is 42.8. The first-order chi connectivity index (χ1) is 11.8. The summed E-state index contributed by atoms with van der Waals surface area (Å²) in [5, 5.41) is 0.384. The molecule has 7 heteroatoms. The van der Waals surface area contributed by atoms with E-state index in [2.05, 4.69) is 4.98 Å². The first-order valence-electron chi connectivity index (χ1n) is 7.94. The van der Waals surface area contributed by atoms with Gasteiger partial charge in [0.1, 0.15) is 4.83 Å². The lowest BCUT2D eigenvalue weighted by Gasteiger charge is -2.08. The minimum Gasteiger partial charge on any atom is -0.344 e. The van der Waals surface area contributed by atoms with Gasteiger partial charge in [-0.05, 0) is 36.6 Å². The van der Waals surface area contributed by atoms with Gasteiger partial charge in [-0.3, -0.25) is 14.6 Å². The van der Waals surface area contributed by atoms with Gasteiger partial charge in [0.2, 0.25) is 0 Å². The fourth-order valence-corrected chi connectivity index (χ4v) is 3.95. The standard InChI is InChI=1S/C18H19N3O3S/c1-5-11-6-8-12(9-7-11)21-16(22)13-10(2)14(17(23)20(3)4)25-15(13)19-18(21)24/h6-9H,5H2,1-4H3,(H,19,24). The lowest BCUT2D eigenvalue weighted by molar-refractivity contribution is 0.0831. The van der Waals surface area contributed by atoms with E-state index in [1.54, 1.807) is 33.2 Å². The molecular formula is C18H19N3O3S. The maximum Gasteiger partial charge on any atom is 0.334 e. The number of H-pyrrole nitrogens is 1. The number of hydrogen-bond acceptors (Lipinski definition) is 4. The van der Waals surface area contributed by atoms with Crippen molar-refractivity contribution in [2.75, 3.05) is 14.1 Å². The number of fused-ring (bicyclic) bond motifs is 1. The topological polar surface area (TPSA) is 75.2 Å². The summed E-state index contributed by atoms with van der Waals surface area (Å²) in [5.74, 6) is -0.183. The van der Waals surface area contributed by atoms with Gasteiger partial charge < -0.3 is 4.90 Å². The Morgan fingerprint density at radius 3 is 2.40 bits per heavy atom. The number of hydrogen-bond donors (Lipinski definition) is 1. The quantitative estimate of drug-likeness (QED) is 0.782. The highest BCUT2D eigenvalue weighted by Gasteiger charge is 2.21. The first kappa shape index (κ1) is 17.2. The summed E-state index contributed by atoms with van der Waals surface area (Å²) in [5.41, 5.74) is 1.32. The van der Waals surface area contributed by atoms with Gasteiger partial charge in [-0.25, -0.2) is 9.36 Å². The van der Waals surface area contributed by atoms with Crippen molar-refractivity contribution >= 4 is 27.5 Å². The molecule has 3 aromatic rings. The zero-order valence-corrected chi connectivity index (χ0v) is 15.4. The fraction of sp³-hybridized carbons (Fsp3) is 0.278. The molecule has 6 nitrogen and oxygen atoms in total. The Bertz CT molecular complexity index is 1070. The van der Waals surface area contributed by atoms with Crippen molar-refractivity contribution in [2.24, 2.45) is 0 Å². The van der Waals surface area contributed by atoms with Gasteiger partial charge in [-0.2, -0.15) is 0 Å². The molecule has 0 aliphatic heterocycles. The molecule has 0 saturated carbocycles. The Morgan fingerprint density at radius 1 is 1.20 bits per heavy atom. The van der Waals surface area contributed by atoms with Crippen LogP contribution in [-0.2, 0) is 6.42 Å². The highest BCUT2D eigenvalue weighted by atomic mass is 32.1. The number of carbonyl (C=O) groups excluding carboxylic acids is 1. The third-order valence-corrected chi connectivity index (χ3v) is 5.39. The predicted octanol–water partition coefficient (Wildman–Crippen LogP) is 2.31. The van der Waals surface area contributed by atoms with Gasteiger partial charge >= 0.3 is 5.69 Å². The van der Waals surface area contributed by atoms with Crippen LogP contribution >= 0.6 is 11.3 Å². The molecule has 0 fully saturated rings. The maximum absolute atomic E-state index is 13.0. The van der Waals surface area contributed by atoms with Crippen LogP contribution in [0.5, 0.6) is 0 Å². The van der Waals surface area contributed by atoms with Gasteiger partial charge in [-0.1, -0.05) is 19.1 Å². The molecule has 0 saturated heterocycles. The number of amides is 1. The number of aromatic nitrogens is 2. The monoisotopic (exact) mass is 357 g/mol. The lowest BCUT2D eigenvalue weighted by Crippen LogP contribution is -2.33. The van der Waals surface area contributed by atoms with E-state index < -0.39 is 11.2 Å². The van der Waals surface area contributed by atoms with E-state index in [-0.39, 0.29) is 5.91 Å². The maximum atomic E-state index is 13.0. The van der Waals surface area contributed by atoms with Crippen LogP contribution < -0.4 is 11.2 Å². The second-order valence-electron chi connectivity index (χ2n) is 6.05. The summed E-state index contributed by atoms with van der Waals surface area (Å²) >= 11 is 1.14. The van der Waals surface area contributed by atoms with Crippen molar-refractivity contribution < 1.29 is 4.79 Å². The molecular weight excluding hydrogens is 338 g/mol. The molecule has 0 radical (unpaired) electrons. The third kappa shape index (κ3) is 2.80. The average molecular weight is 357 g/mol. The molecule has 0 unspecified atom stereocenters. The summed E-state index contributed by atoms with van der Waals surface area (Å²) in [7, 11) is 3.31. The molecule has 3 rings (SSSR count). The molecule has 2 heterocycles. The van der Waals surface area contributed by atoms with Crippen molar-refractivity contribution in [1.29, 1.82) is 0 Å². The van der Waals surface area contributed by atoms with E-state index in [0.29, 0.717) is 26.3 Å². The Hall–Kier alpha value is -2.67. The van der Waals surface area contributed by atoms with E-state index in [4.69, 9.17) is 0 Å². The molecule has 0 spiro atoms. The largest absolute Gasteiger partial charge is 0.344 e. The van der Waals surface area contributed by atoms with Crippen LogP contribution in [0.15, 0.2) is 33.9 Å². The van der Waals surface area contributed by atoms with E-state index in [9.17, 15) is 14.4 Å². The van der Waals surface area contributed by atoms with Gasteiger partial charge in [0, 0.05) is 14.1 Å². The van der Waals surface area contributed by atoms with E-state index >= 15 is 0 Å². The van der Waals surface area contributed by atoms with Crippen molar-refractivity contribution in [3.05, 3.63) is 61.1 Å².